The summed E-state index contributed by atoms with van der Waals surface area (Å²) in [6.07, 6.45) is 5.50. The predicted molar refractivity (Wildman–Crippen MR) is 126 cm³/mol. The third kappa shape index (κ3) is 4.86. The van der Waals surface area contributed by atoms with Gasteiger partial charge in [0.25, 0.3) is 5.91 Å². The van der Waals surface area contributed by atoms with Gasteiger partial charge in [0.2, 0.25) is 0 Å². The lowest BCUT2D eigenvalue weighted by Crippen LogP contribution is -2.39. The topological polar surface area (TPSA) is 28.5 Å². The molecule has 0 radical (unpaired) electrons. The minimum Gasteiger partial charge on any atom is -0.338 e. The lowest BCUT2D eigenvalue weighted by Gasteiger charge is -2.34. The van der Waals surface area contributed by atoms with Crippen LogP contribution in [0.3, 0.4) is 0 Å². The first-order valence-electron chi connectivity index (χ1n) is 11.0. The first-order chi connectivity index (χ1) is 14.8. The molecule has 5 rings (SSSR count). The summed E-state index contributed by atoms with van der Waals surface area (Å²) in [6.45, 7) is 4.83. The fraction of sp³-hybridized carbons (Fsp3) is 0.346. The van der Waals surface area contributed by atoms with Crippen LogP contribution >= 0.6 is 12.4 Å². The number of piperidine rings is 1. The lowest BCUT2D eigenvalue weighted by molar-refractivity contribution is 0.0698. The van der Waals surface area contributed by atoms with Gasteiger partial charge in [-0.25, -0.2) is 0 Å². The van der Waals surface area contributed by atoms with Crippen molar-refractivity contribution in [1.82, 2.24) is 14.4 Å². The van der Waals surface area contributed by atoms with E-state index >= 15 is 0 Å². The second kappa shape index (κ2) is 9.71. The third-order valence-corrected chi connectivity index (χ3v) is 6.59. The third-order valence-electron chi connectivity index (χ3n) is 6.59. The Bertz CT molecular complexity index is 1010. The smallest absolute Gasteiger partial charge is 0.254 e. The summed E-state index contributed by atoms with van der Waals surface area (Å²) < 4.78 is 2.38. The highest BCUT2D eigenvalue weighted by molar-refractivity contribution is 5.98. The van der Waals surface area contributed by atoms with Crippen LogP contribution in [0.1, 0.15) is 40.0 Å². The largest absolute Gasteiger partial charge is 0.338 e. The number of halogens is 1. The van der Waals surface area contributed by atoms with Crippen molar-refractivity contribution < 1.29 is 4.79 Å². The van der Waals surface area contributed by atoms with Crippen LogP contribution in [0, 0.1) is 5.92 Å². The van der Waals surface area contributed by atoms with Crippen LogP contribution in [0.15, 0.2) is 72.9 Å². The second-order valence-electron chi connectivity index (χ2n) is 8.68. The molecule has 2 aromatic carbocycles. The second-order valence-corrected chi connectivity index (χ2v) is 8.68. The van der Waals surface area contributed by atoms with Crippen molar-refractivity contribution in [3.8, 4) is 0 Å². The molecule has 2 aliphatic heterocycles. The van der Waals surface area contributed by atoms with Crippen molar-refractivity contribution in [3.63, 3.8) is 0 Å². The van der Waals surface area contributed by atoms with Crippen LogP contribution in [0.5, 0.6) is 0 Å². The highest BCUT2D eigenvalue weighted by atomic mass is 35.5. The molecule has 5 heteroatoms. The van der Waals surface area contributed by atoms with Gasteiger partial charge in [-0.3, -0.25) is 9.69 Å². The van der Waals surface area contributed by atoms with Crippen molar-refractivity contribution in [2.45, 2.75) is 32.5 Å². The Labute approximate surface area is 190 Å². The molecule has 0 bridgehead atoms. The number of rotatable bonds is 6. The number of amides is 1. The number of carbonyl (C=O) groups excluding carboxylic acids is 1. The Morgan fingerprint density at radius 1 is 0.871 bits per heavy atom. The molecule has 0 atom stereocenters. The van der Waals surface area contributed by atoms with Crippen LogP contribution in [-0.2, 0) is 19.6 Å². The lowest BCUT2D eigenvalue weighted by atomic mass is 9.96. The van der Waals surface area contributed by atoms with Gasteiger partial charge in [-0.1, -0.05) is 48.5 Å². The number of hydrogen-bond donors (Lipinski definition) is 0. The number of nitrogens with zero attached hydrogens (tertiary/aromatic N) is 3. The summed E-state index contributed by atoms with van der Waals surface area (Å²) in [5.41, 5.74) is 4.79. The number of aromatic nitrogens is 1. The van der Waals surface area contributed by atoms with Gasteiger partial charge in [-0.05, 0) is 48.1 Å². The fourth-order valence-corrected chi connectivity index (χ4v) is 4.85. The first-order valence-corrected chi connectivity index (χ1v) is 11.0. The molecule has 3 aromatic rings. The molecule has 0 unspecified atom stereocenters. The van der Waals surface area contributed by atoms with Gasteiger partial charge >= 0.3 is 0 Å². The quantitative estimate of drug-likeness (QED) is 0.555. The molecule has 1 aromatic heterocycles. The van der Waals surface area contributed by atoms with Crippen molar-refractivity contribution in [3.05, 3.63) is 95.3 Å². The van der Waals surface area contributed by atoms with Crippen molar-refractivity contribution in [1.29, 1.82) is 0 Å². The molecule has 1 amide bonds. The molecule has 162 valence electrons. The Balaban J connectivity index is 0.00000231. The summed E-state index contributed by atoms with van der Waals surface area (Å²) in [6, 6.07) is 23.1. The van der Waals surface area contributed by atoms with E-state index < -0.39 is 0 Å². The highest BCUT2D eigenvalue weighted by Crippen LogP contribution is 2.26. The molecule has 0 aliphatic carbocycles. The Hall–Kier alpha value is -2.56. The normalized spacial score (nSPS) is 16.9. The van der Waals surface area contributed by atoms with Crippen LogP contribution in [0.2, 0.25) is 0 Å². The maximum atomic E-state index is 12.6. The summed E-state index contributed by atoms with van der Waals surface area (Å²) in [7, 11) is 0. The molecule has 1 fully saturated rings. The van der Waals surface area contributed by atoms with Gasteiger partial charge in [0.1, 0.15) is 0 Å². The Morgan fingerprint density at radius 2 is 1.61 bits per heavy atom. The fourth-order valence-electron chi connectivity index (χ4n) is 4.85. The van der Waals surface area contributed by atoms with Gasteiger partial charge < -0.3 is 9.47 Å². The van der Waals surface area contributed by atoms with E-state index in [0.29, 0.717) is 5.92 Å². The number of likely N-dealkylation sites (tertiary alicyclic amines) is 1. The van der Waals surface area contributed by atoms with E-state index in [1.165, 1.54) is 16.8 Å². The van der Waals surface area contributed by atoms with Gasteiger partial charge in [-0.2, -0.15) is 0 Å². The average molecular weight is 436 g/mol. The van der Waals surface area contributed by atoms with Gasteiger partial charge in [0.15, 0.2) is 0 Å². The van der Waals surface area contributed by atoms with Crippen molar-refractivity contribution >= 4 is 18.3 Å². The van der Waals surface area contributed by atoms with E-state index in [0.717, 1.165) is 57.7 Å². The molecular formula is C26H30ClN3O. The summed E-state index contributed by atoms with van der Waals surface area (Å²) >= 11 is 0. The minimum absolute atomic E-state index is 0. The van der Waals surface area contributed by atoms with E-state index in [2.05, 4.69) is 69.1 Å². The van der Waals surface area contributed by atoms with E-state index in [1.807, 2.05) is 18.2 Å². The van der Waals surface area contributed by atoms with Crippen LogP contribution in [-0.4, -0.2) is 39.9 Å². The van der Waals surface area contributed by atoms with Crippen molar-refractivity contribution in [2.24, 2.45) is 5.92 Å². The zero-order valence-corrected chi connectivity index (χ0v) is 18.6. The summed E-state index contributed by atoms with van der Waals surface area (Å²) in [4.78, 5) is 17.2. The summed E-state index contributed by atoms with van der Waals surface area (Å²) in [5.74, 6) is 0.818. The maximum absolute atomic E-state index is 12.6. The van der Waals surface area contributed by atoms with Gasteiger partial charge in [0, 0.05) is 50.1 Å². The van der Waals surface area contributed by atoms with Crippen LogP contribution < -0.4 is 0 Å². The SMILES string of the molecule is Cl.O=C1c2ccccc2CN1CC1CCN(Cn2cccc2Cc2ccccc2)CC1. The molecule has 0 spiro atoms. The molecule has 0 saturated carbocycles. The zero-order valence-electron chi connectivity index (χ0n) is 17.8. The van der Waals surface area contributed by atoms with E-state index in [9.17, 15) is 4.79 Å². The molecule has 2 aliphatic rings. The molecule has 4 nitrogen and oxygen atoms in total. The zero-order chi connectivity index (χ0) is 20.3. The predicted octanol–water partition coefficient (Wildman–Crippen LogP) is 4.83. The van der Waals surface area contributed by atoms with E-state index in [4.69, 9.17) is 0 Å². The average Bonchev–Trinajstić information content (AvgIpc) is 3.34. The number of fused-ring (bicyclic) bond motifs is 1. The Morgan fingerprint density at radius 3 is 2.39 bits per heavy atom. The number of carbonyl (C=O) groups is 1. The van der Waals surface area contributed by atoms with E-state index in [-0.39, 0.29) is 18.3 Å². The molecule has 0 N–H and O–H groups in total. The van der Waals surface area contributed by atoms with Gasteiger partial charge in [-0.15, -0.1) is 12.4 Å². The minimum atomic E-state index is 0. The maximum Gasteiger partial charge on any atom is 0.254 e. The van der Waals surface area contributed by atoms with Crippen LogP contribution in [0.4, 0.5) is 0 Å². The summed E-state index contributed by atoms with van der Waals surface area (Å²) in [5, 5.41) is 0. The molecule has 31 heavy (non-hydrogen) atoms. The van der Waals surface area contributed by atoms with E-state index in [1.54, 1.807) is 0 Å². The van der Waals surface area contributed by atoms with Crippen molar-refractivity contribution in [2.75, 3.05) is 19.6 Å². The monoisotopic (exact) mass is 435 g/mol. The highest BCUT2D eigenvalue weighted by Gasteiger charge is 2.30. The molecular weight excluding hydrogens is 406 g/mol. The number of hydrogen-bond acceptors (Lipinski definition) is 2. The van der Waals surface area contributed by atoms with Gasteiger partial charge in [0.05, 0.1) is 6.67 Å². The Kier molecular flexibility index (Phi) is 6.79. The van der Waals surface area contributed by atoms with Crippen LogP contribution in [0.25, 0.3) is 0 Å². The standard InChI is InChI=1S/C26H29N3O.ClH/c30-26-25-11-5-4-9-23(25)19-29(26)18-22-12-15-27(16-13-22)20-28-14-6-10-24(28)17-21-7-2-1-3-8-21;/h1-11,14,22H,12-13,15-20H2;1H. The molecule has 1 saturated heterocycles. The first kappa shape index (κ1) is 21.7. The molecule has 3 heterocycles. The number of benzene rings is 2.